The second kappa shape index (κ2) is 15.5. The number of rotatable bonds is 15. The number of benzene rings is 4. The van der Waals surface area contributed by atoms with Crippen molar-refractivity contribution in [3.05, 3.63) is 113 Å². The summed E-state index contributed by atoms with van der Waals surface area (Å²) in [6.07, 6.45) is 16.1. The van der Waals surface area contributed by atoms with E-state index < -0.39 is 7.26 Å². The van der Waals surface area contributed by atoms with Gasteiger partial charge in [0.15, 0.2) is 0 Å². The number of fused-ring (bicyclic) bond motifs is 1. The second-order valence-corrected chi connectivity index (χ2v) is 17.2. The van der Waals surface area contributed by atoms with E-state index in [4.69, 9.17) is 4.74 Å². The zero-order valence-corrected chi connectivity index (χ0v) is 29.0. The Morgan fingerprint density at radius 2 is 1.04 bits per heavy atom. The van der Waals surface area contributed by atoms with Gasteiger partial charge in [-0.3, -0.25) is 0 Å². The average molecular weight is 622 g/mol. The summed E-state index contributed by atoms with van der Waals surface area (Å²) in [6, 6.07) is 33.9. The quantitative estimate of drug-likeness (QED) is 0.106. The molecule has 0 saturated carbocycles. The molecular weight excluding hydrogens is 567 g/mol. The molecule has 1 aliphatic rings. The molecule has 238 valence electrons. The van der Waals surface area contributed by atoms with Crippen molar-refractivity contribution >= 4 is 23.2 Å². The van der Waals surface area contributed by atoms with Crippen LogP contribution in [0.4, 0.5) is 0 Å². The standard InChI is InChI=1S/C42H53O2P/c1-33-34(2)41-39(35(3)40(33)43)29-31-42(4,44-41)30-21-10-8-6-5-7-9-11-22-32-45(36-23-15-12-16-24-36,37-25-17-13-18-26-37)38-27-19-14-20-28-38/h12-20,23-28H,5-11,21-22,29-32H2,1-4H3/p+1. The van der Waals surface area contributed by atoms with E-state index in [1.807, 2.05) is 13.8 Å². The van der Waals surface area contributed by atoms with Crippen LogP contribution >= 0.6 is 7.26 Å². The highest BCUT2D eigenvalue weighted by molar-refractivity contribution is 7.95. The van der Waals surface area contributed by atoms with Gasteiger partial charge in [-0.1, -0.05) is 93.1 Å². The largest absolute Gasteiger partial charge is 0.507 e. The van der Waals surface area contributed by atoms with E-state index in [1.54, 1.807) is 0 Å². The fraction of sp³-hybridized carbons (Fsp3) is 0.429. The summed E-state index contributed by atoms with van der Waals surface area (Å²) in [7, 11) is -1.69. The molecule has 5 rings (SSSR count). The molecule has 1 unspecified atom stereocenters. The molecule has 0 aliphatic carbocycles. The number of phenolic OH excluding ortho intramolecular Hbond substituents is 1. The number of ether oxygens (including phenoxy) is 1. The van der Waals surface area contributed by atoms with Crippen molar-refractivity contribution in [3.63, 3.8) is 0 Å². The molecule has 0 amide bonds. The molecule has 1 aliphatic heterocycles. The Morgan fingerprint density at radius 3 is 1.53 bits per heavy atom. The average Bonchev–Trinajstić information content (AvgIpc) is 3.08. The summed E-state index contributed by atoms with van der Waals surface area (Å²) >= 11 is 0. The van der Waals surface area contributed by atoms with Gasteiger partial charge in [-0.05, 0) is 119 Å². The first-order valence-electron chi connectivity index (χ1n) is 17.4. The zero-order valence-electron chi connectivity index (χ0n) is 28.2. The number of hydrogen-bond donors (Lipinski definition) is 1. The topological polar surface area (TPSA) is 29.5 Å². The summed E-state index contributed by atoms with van der Waals surface area (Å²) in [4.78, 5) is 0. The SMILES string of the molecule is Cc1c(C)c2c(c(C)c1O)CCC(C)(CCCCCCCCCCC[P+](c1ccccc1)(c1ccccc1)c1ccccc1)O2. The first-order chi connectivity index (χ1) is 21.9. The monoisotopic (exact) mass is 621 g/mol. The normalized spacial score (nSPS) is 16.3. The Morgan fingerprint density at radius 1 is 0.600 bits per heavy atom. The summed E-state index contributed by atoms with van der Waals surface area (Å²) < 4.78 is 6.65. The first kappa shape index (κ1) is 33.3. The third-order valence-electron chi connectivity index (χ3n) is 10.4. The van der Waals surface area contributed by atoms with Crippen LogP contribution in [0.3, 0.4) is 0 Å². The van der Waals surface area contributed by atoms with Crippen LogP contribution in [-0.4, -0.2) is 16.9 Å². The second-order valence-electron chi connectivity index (χ2n) is 13.6. The lowest BCUT2D eigenvalue weighted by Gasteiger charge is -2.38. The Labute approximate surface area is 273 Å². The zero-order chi connectivity index (χ0) is 31.7. The van der Waals surface area contributed by atoms with Crippen LogP contribution in [0, 0.1) is 20.8 Å². The molecule has 0 saturated heterocycles. The van der Waals surface area contributed by atoms with Gasteiger partial charge in [-0.15, -0.1) is 0 Å². The van der Waals surface area contributed by atoms with Crippen molar-refractivity contribution in [1.82, 2.24) is 0 Å². The van der Waals surface area contributed by atoms with Crippen LogP contribution in [-0.2, 0) is 6.42 Å². The summed E-state index contributed by atoms with van der Waals surface area (Å²) in [5, 5.41) is 15.0. The van der Waals surface area contributed by atoms with E-state index in [0.29, 0.717) is 5.75 Å². The lowest BCUT2D eigenvalue weighted by Crippen LogP contribution is -2.37. The van der Waals surface area contributed by atoms with Gasteiger partial charge >= 0.3 is 0 Å². The van der Waals surface area contributed by atoms with Crippen molar-refractivity contribution in [2.75, 3.05) is 6.16 Å². The molecule has 0 aromatic heterocycles. The maximum Gasteiger partial charge on any atom is 0.127 e. The Balaban J connectivity index is 1.05. The highest BCUT2D eigenvalue weighted by Gasteiger charge is 2.44. The molecule has 3 heteroatoms. The summed E-state index contributed by atoms with van der Waals surface area (Å²) in [5.41, 5.74) is 4.18. The molecule has 0 bridgehead atoms. The molecule has 1 N–H and O–H groups in total. The lowest BCUT2D eigenvalue weighted by molar-refractivity contribution is 0.0521. The number of aromatic hydroxyl groups is 1. The maximum absolute atomic E-state index is 10.5. The Kier molecular flexibility index (Phi) is 11.4. The van der Waals surface area contributed by atoms with Gasteiger partial charge in [-0.25, -0.2) is 0 Å². The fourth-order valence-corrected chi connectivity index (χ4v) is 11.8. The summed E-state index contributed by atoms with van der Waals surface area (Å²) in [5.74, 6) is 1.48. The number of unbranched alkanes of at least 4 members (excludes halogenated alkanes) is 8. The predicted octanol–water partition coefficient (Wildman–Crippen LogP) is 10.3. The Bertz CT molecular complexity index is 1400. The first-order valence-corrected chi connectivity index (χ1v) is 19.4. The molecule has 4 aromatic carbocycles. The molecular formula is C42H54O2P+. The predicted molar refractivity (Wildman–Crippen MR) is 196 cm³/mol. The van der Waals surface area contributed by atoms with E-state index in [2.05, 4.69) is 105 Å². The van der Waals surface area contributed by atoms with Gasteiger partial charge in [0.05, 0.1) is 6.16 Å². The molecule has 4 aromatic rings. The maximum atomic E-state index is 10.5. The van der Waals surface area contributed by atoms with Crippen LogP contribution in [0.15, 0.2) is 91.0 Å². The number of phenols is 1. The van der Waals surface area contributed by atoms with Crippen LogP contribution in [0.5, 0.6) is 11.5 Å². The summed E-state index contributed by atoms with van der Waals surface area (Å²) in [6.45, 7) is 8.41. The van der Waals surface area contributed by atoms with E-state index in [1.165, 1.54) is 85.4 Å². The minimum absolute atomic E-state index is 0.0925. The van der Waals surface area contributed by atoms with Gasteiger partial charge in [0.2, 0.25) is 0 Å². The van der Waals surface area contributed by atoms with Crippen LogP contribution < -0.4 is 20.7 Å². The highest BCUT2D eigenvalue weighted by atomic mass is 31.2. The minimum atomic E-state index is -1.69. The number of hydrogen-bond acceptors (Lipinski definition) is 2. The molecule has 45 heavy (non-hydrogen) atoms. The van der Waals surface area contributed by atoms with Gasteiger partial charge < -0.3 is 9.84 Å². The van der Waals surface area contributed by atoms with Gasteiger partial charge in [0, 0.05) is 5.56 Å². The minimum Gasteiger partial charge on any atom is -0.507 e. The van der Waals surface area contributed by atoms with E-state index >= 15 is 0 Å². The highest BCUT2D eigenvalue weighted by Crippen LogP contribution is 2.56. The van der Waals surface area contributed by atoms with Crippen molar-refractivity contribution < 1.29 is 9.84 Å². The molecule has 1 heterocycles. The van der Waals surface area contributed by atoms with Gasteiger partial charge in [0.1, 0.15) is 40.3 Å². The molecule has 0 radical (unpaired) electrons. The van der Waals surface area contributed by atoms with Gasteiger partial charge in [-0.2, -0.15) is 0 Å². The third-order valence-corrected chi connectivity index (χ3v) is 14.9. The molecule has 0 fully saturated rings. The Hall–Kier alpha value is -3.09. The third kappa shape index (κ3) is 7.66. The van der Waals surface area contributed by atoms with E-state index in [0.717, 1.165) is 41.7 Å². The van der Waals surface area contributed by atoms with Gasteiger partial charge in [0.25, 0.3) is 0 Å². The van der Waals surface area contributed by atoms with Crippen LogP contribution in [0.25, 0.3) is 0 Å². The van der Waals surface area contributed by atoms with E-state index in [-0.39, 0.29) is 5.60 Å². The molecule has 0 spiro atoms. The fourth-order valence-electron chi connectivity index (χ4n) is 7.44. The van der Waals surface area contributed by atoms with E-state index in [9.17, 15) is 5.11 Å². The lowest BCUT2D eigenvalue weighted by atomic mass is 9.84. The van der Waals surface area contributed by atoms with Crippen molar-refractivity contribution in [2.24, 2.45) is 0 Å². The van der Waals surface area contributed by atoms with Crippen molar-refractivity contribution in [3.8, 4) is 11.5 Å². The van der Waals surface area contributed by atoms with Crippen molar-refractivity contribution in [2.45, 2.75) is 110 Å². The smallest absolute Gasteiger partial charge is 0.127 e. The van der Waals surface area contributed by atoms with Crippen LogP contribution in [0.2, 0.25) is 0 Å². The van der Waals surface area contributed by atoms with Crippen molar-refractivity contribution in [1.29, 1.82) is 0 Å². The molecule has 1 atom stereocenters. The molecule has 2 nitrogen and oxygen atoms in total. The van der Waals surface area contributed by atoms with Crippen LogP contribution in [0.1, 0.15) is 99.8 Å².